The van der Waals surface area contributed by atoms with Crippen LogP contribution in [0.3, 0.4) is 0 Å². The third-order valence-electron chi connectivity index (χ3n) is 0.375. The van der Waals surface area contributed by atoms with E-state index in [-0.39, 0.29) is 30.0 Å². The summed E-state index contributed by atoms with van der Waals surface area (Å²) in [7, 11) is 0. The summed E-state index contributed by atoms with van der Waals surface area (Å²) >= 11 is 1.27. The number of hydrogen-bond donors (Lipinski definition) is 3. The first-order valence-corrected chi connectivity index (χ1v) is 2.93. The maximum atomic E-state index is 6.68. The molecule has 58 valence electrons. The molecule has 0 amide bonds. The number of nitrogens with one attached hydrogen (secondary N) is 1. The van der Waals surface area contributed by atoms with E-state index in [9.17, 15) is 0 Å². The maximum Gasteiger partial charge on any atom is 0.151 e. The SMILES string of the molecule is Cl.Cl.N=C(N)SCCN. The molecule has 0 saturated heterocycles. The summed E-state index contributed by atoms with van der Waals surface area (Å²) in [5, 5.41) is 6.83. The van der Waals surface area contributed by atoms with E-state index >= 15 is 0 Å². The molecule has 5 N–H and O–H groups in total. The summed E-state index contributed by atoms with van der Waals surface area (Å²) in [6.07, 6.45) is 0. The molecule has 0 aliphatic carbocycles. The Morgan fingerprint density at radius 2 is 1.89 bits per heavy atom. The van der Waals surface area contributed by atoms with E-state index in [4.69, 9.17) is 16.9 Å². The van der Waals surface area contributed by atoms with E-state index in [1.165, 1.54) is 11.8 Å². The fourth-order valence-corrected chi connectivity index (χ4v) is 0.507. The van der Waals surface area contributed by atoms with Gasteiger partial charge in [0.2, 0.25) is 0 Å². The molecule has 0 radical (unpaired) electrons. The zero-order chi connectivity index (χ0) is 5.70. The van der Waals surface area contributed by atoms with Crippen LogP contribution in [0.1, 0.15) is 0 Å². The van der Waals surface area contributed by atoms with Gasteiger partial charge in [-0.3, -0.25) is 5.41 Å². The molecule has 0 spiro atoms. The molecule has 3 nitrogen and oxygen atoms in total. The lowest BCUT2D eigenvalue weighted by atomic mass is 10.8. The highest BCUT2D eigenvalue weighted by atomic mass is 35.5. The Morgan fingerprint density at radius 3 is 2.00 bits per heavy atom. The molecular formula is C3H11Cl2N3S. The van der Waals surface area contributed by atoms with E-state index in [1.54, 1.807) is 0 Å². The highest BCUT2D eigenvalue weighted by Crippen LogP contribution is 1.92. The van der Waals surface area contributed by atoms with Crippen molar-refractivity contribution in [2.75, 3.05) is 12.3 Å². The lowest BCUT2D eigenvalue weighted by molar-refractivity contribution is 1.15. The minimum atomic E-state index is 0. The molecule has 0 rings (SSSR count). The number of amidine groups is 1. The average molecular weight is 192 g/mol. The van der Waals surface area contributed by atoms with Gasteiger partial charge < -0.3 is 11.5 Å². The van der Waals surface area contributed by atoms with E-state index in [2.05, 4.69) is 0 Å². The van der Waals surface area contributed by atoms with E-state index in [0.717, 1.165) is 5.75 Å². The molecule has 0 atom stereocenters. The van der Waals surface area contributed by atoms with Crippen LogP contribution in [-0.4, -0.2) is 17.5 Å². The molecule has 0 aromatic heterocycles. The molecule has 0 aromatic carbocycles. The standard InChI is InChI=1S/C3H9N3S.2ClH/c4-1-2-7-3(5)6;;/h1-2,4H2,(H3,5,6);2*1H. The topological polar surface area (TPSA) is 75.9 Å². The van der Waals surface area contributed by atoms with Crippen LogP contribution < -0.4 is 11.5 Å². The normalized spacial score (nSPS) is 6.78. The molecule has 0 aliphatic heterocycles. The van der Waals surface area contributed by atoms with Crippen molar-refractivity contribution >= 4 is 41.7 Å². The maximum absolute atomic E-state index is 6.68. The molecule has 6 heteroatoms. The Hall–Kier alpha value is 0.360. The summed E-state index contributed by atoms with van der Waals surface area (Å²) in [6, 6.07) is 0. The summed E-state index contributed by atoms with van der Waals surface area (Å²) in [4.78, 5) is 0. The van der Waals surface area contributed by atoms with Crippen molar-refractivity contribution in [3.63, 3.8) is 0 Å². The molecule has 0 fully saturated rings. The Morgan fingerprint density at radius 1 is 1.44 bits per heavy atom. The Bertz CT molecular complexity index is 70.1. The van der Waals surface area contributed by atoms with Crippen molar-refractivity contribution in [3.05, 3.63) is 0 Å². The second-order valence-corrected chi connectivity index (χ2v) is 2.14. The molecule has 9 heavy (non-hydrogen) atoms. The number of nitrogens with two attached hydrogens (primary N) is 2. The third-order valence-corrected chi connectivity index (χ3v) is 1.13. The van der Waals surface area contributed by atoms with Crippen LogP contribution in [0, 0.1) is 5.41 Å². The monoisotopic (exact) mass is 191 g/mol. The van der Waals surface area contributed by atoms with E-state index < -0.39 is 0 Å². The zero-order valence-corrected chi connectivity index (χ0v) is 7.24. The molecule has 0 saturated carbocycles. The first-order chi connectivity index (χ1) is 3.27. The summed E-state index contributed by atoms with van der Waals surface area (Å²) in [6.45, 7) is 0.588. The van der Waals surface area contributed by atoms with Gasteiger partial charge in [0, 0.05) is 12.3 Å². The van der Waals surface area contributed by atoms with Gasteiger partial charge in [0.15, 0.2) is 5.17 Å². The van der Waals surface area contributed by atoms with Gasteiger partial charge in [0.25, 0.3) is 0 Å². The van der Waals surface area contributed by atoms with E-state index in [1.807, 2.05) is 0 Å². The van der Waals surface area contributed by atoms with Gasteiger partial charge in [0.05, 0.1) is 0 Å². The number of rotatable bonds is 2. The minimum Gasteiger partial charge on any atom is -0.379 e. The fraction of sp³-hybridized carbons (Fsp3) is 0.667. The van der Waals surface area contributed by atoms with Gasteiger partial charge in [-0.1, -0.05) is 11.8 Å². The predicted molar refractivity (Wildman–Crippen MR) is 47.9 cm³/mol. The first-order valence-electron chi connectivity index (χ1n) is 1.94. The van der Waals surface area contributed by atoms with Gasteiger partial charge >= 0.3 is 0 Å². The van der Waals surface area contributed by atoms with Crippen molar-refractivity contribution in [2.24, 2.45) is 11.5 Å². The van der Waals surface area contributed by atoms with Crippen LogP contribution in [0.2, 0.25) is 0 Å². The van der Waals surface area contributed by atoms with Crippen molar-refractivity contribution in [3.8, 4) is 0 Å². The smallest absolute Gasteiger partial charge is 0.151 e. The van der Waals surface area contributed by atoms with Crippen molar-refractivity contribution in [2.45, 2.75) is 0 Å². The molecule has 0 unspecified atom stereocenters. The van der Waals surface area contributed by atoms with Crippen LogP contribution >= 0.6 is 36.6 Å². The number of hydrogen-bond acceptors (Lipinski definition) is 3. The summed E-state index contributed by atoms with van der Waals surface area (Å²) in [5.74, 6) is 0.745. The van der Waals surface area contributed by atoms with Gasteiger partial charge in [0.1, 0.15) is 0 Å². The van der Waals surface area contributed by atoms with Crippen LogP contribution in [0.4, 0.5) is 0 Å². The van der Waals surface area contributed by atoms with Gasteiger partial charge in [-0.15, -0.1) is 24.8 Å². The fourth-order valence-electron chi connectivity index (χ4n) is 0.169. The van der Waals surface area contributed by atoms with E-state index in [0.29, 0.717) is 6.54 Å². The third kappa shape index (κ3) is 17.8. The first kappa shape index (κ1) is 16.2. The molecular weight excluding hydrogens is 181 g/mol. The number of thioether (sulfide) groups is 1. The zero-order valence-electron chi connectivity index (χ0n) is 4.79. The van der Waals surface area contributed by atoms with Crippen LogP contribution in [0.5, 0.6) is 0 Å². The molecule has 0 bridgehead atoms. The largest absolute Gasteiger partial charge is 0.379 e. The average Bonchev–Trinajstić information content (AvgIpc) is 1.61. The van der Waals surface area contributed by atoms with Crippen LogP contribution in [0.25, 0.3) is 0 Å². The van der Waals surface area contributed by atoms with Gasteiger partial charge in [-0.25, -0.2) is 0 Å². The quantitative estimate of drug-likeness (QED) is 0.438. The summed E-state index contributed by atoms with van der Waals surface area (Å²) < 4.78 is 0. The van der Waals surface area contributed by atoms with Crippen molar-refractivity contribution in [1.82, 2.24) is 0 Å². The Labute approximate surface area is 71.3 Å². The molecule has 0 heterocycles. The second-order valence-electron chi connectivity index (χ2n) is 1.00. The summed E-state index contributed by atoms with van der Waals surface area (Å²) in [5.41, 5.74) is 10.1. The minimum absolute atomic E-state index is 0. The lowest BCUT2D eigenvalue weighted by Gasteiger charge is -1.90. The Balaban J connectivity index is -0.000000180. The number of halogens is 2. The lowest BCUT2D eigenvalue weighted by Crippen LogP contribution is -2.09. The van der Waals surface area contributed by atoms with Crippen molar-refractivity contribution in [1.29, 1.82) is 5.41 Å². The highest BCUT2D eigenvalue weighted by Gasteiger charge is 1.84. The predicted octanol–water partition coefficient (Wildman–Crippen LogP) is 0.415. The van der Waals surface area contributed by atoms with Crippen LogP contribution in [0.15, 0.2) is 0 Å². The van der Waals surface area contributed by atoms with Gasteiger partial charge in [-0.05, 0) is 0 Å². The molecule has 0 aliphatic rings. The highest BCUT2D eigenvalue weighted by molar-refractivity contribution is 8.13. The molecule has 0 aromatic rings. The van der Waals surface area contributed by atoms with Crippen molar-refractivity contribution < 1.29 is 0 Å². The van der Waals surface area contributed by atoms with Crippen LogP contribution in [-0.2, 0) is 0 Å². The second kappa shape index (κ2) is 11.2. The Kier molecular flexibility index (Phi) is 20.1. The van der Waals surface area contributed by atoms with Gasteiger partial charge in [-0.2, -0.15) is 0 Å².